The van der Waals surface area contributed by atoms with Crippen molar-refractivity contribution in [3.8, 4) is 0 Å². The summed E-state index contributed by atoms with van der Waals surface area (Å²) in [5.74, 6) is 1.11. The van der Waals surface area contributed by atoms with Crippen LogP contribution < -0.4 is 11.1 Å². The minimum atomic E-state index is 0. The highest BCUT2D eigenvalue weighted by Crippen LogP contribution is 2.05. The Morgan fingerprint density at radius 3 is 3.15 bits per heavy atom. The van der Waals surface area contributed by atoms with Gasteiger partial charge >= 0.3 is 0 Å². The maximum atomic E-state index is 5.81. The fourth-order valence-electron chi connectivity index (χ4n) is 2.00. The average Bonchev–Trinajstić information content (AvgIpc) is 2.42. The van der Waals surface area contributed by atoms with Gasteiger partial charge in [-0.2, -0.15) is 0 Å². The lowest BCUT2D eigenvalue weighted by Gasteiger charge is -2.32. The van der Waals surface area contributed by atoms with Crippen LogP contribution in [0.15, 0.2) is 29.4 Å². The molecular weight excluding hydrogens is 369 g/mol. The maximum absolute atomic E-state index is 5.81. The summed E-state index contributed by atoms with van der Waals surface area (Å²) >= 11 is 0. The van der Waals surface area contributed by atoms with E-state index in [1.54, 1.807) is 6.20 Å². The lowest BCUT2D eigenvalue weighted by Crippen LogP contribution is -2.44. The Morgan fingerprint density at radius 2 is 2.45 bits per heavy atom. The smallest absolute Gasteiger partial charge is 0.194 e. The minimum Gasteiger partial charge on any atom is -0.379 e. The van der Waals surface area contributed by atoms with Crippen LogP contribution in [0.1, 0.15) is 6.92 Å². The molecule has 112 valence electrons. The second-order valence-electron chi connectivity index (χ2n) is 4.57. The molecule has 0 aliphatic carbocycles. The van der Waals surface area contributed by atoms with Gasteiger partial charge in [-0.3, -0.25) is 9.89 Å². The molecule has 6 nitrogen and oxygen atoms in total. The average molecular weight is 391 g/mol. The van der Waals surface area contributed by atoms with Gasteiger partial charge in [-0.25, -0.2) is 4.98 Å². The number of pyridine rings is 1. The van der Waals surface area contributed by atoms with Crippen molar-refractivity contribution < 1.29 is 4.74 Å². The van der Waals surface area contributed by atoms with E-state index in [4.69, 9.17) is 10.5 Å². The number of nitrogens with one attached hydrogen (secondary N) is 1. The summed E-state index contributed by atoms with van der Waals surface area (Å²) in [6.45, 7) is 6.30. The molecule has 1 aromatic heterocycles. The summed E-state index contributed by atoms with van der Waals surface area (Å²) in [5, 5.41) is 2.96. The van der Waals surface area contributed by atoms with Crippen LogP contribution in [-0.4, -0.2) is 54.7 Å². The molecule has 1 unspecified atom stereocenters. The summed E-state index contributed by atoms with van der Waals surface area (Å²) in [6.07, 6.45) is 1.71. The van der Waals surface area contributed by atoms with Crippen LogP contribution in [0.25, 0.3) is 0 Å². The Morgan fingerprint density at radius 1 is 1.60 bits per heavy atom. The first-order chi connectivity index (χ1) is 9.25. The normalized spacial score (nSPS) is 20.2. The van der Waals surface area contributed by atoms with Gasteiger partial charge in [0.1, 0.15) is 5.82 Å². The van der Waals surface area contributed by atoms with E-state index in [0.29, 0.717) is 24.4 Å². The Balaban J connectivity index is 0.00000200. The van der Waals surface area contributed by atoms with Gasteiger partial charge in [0.15, 0.2) is 5.96 Å². The minimum absolute atomic E-state index is 0. The number of rotatable bonds is 4. The number of aliphatic imine (C=N–C) groups is 1. The van der Waals surface area contributed by atoms with E-state index in [9.17, 15) is 0 Å². The van der Waals surface area contributed by atoms with Crippen LogP contribution in [-0.2, 0) is 4.74 Å². The van der Waals surface area contributed by atoms with Crippen molar-refractivity contribution in [2.75, 3.05) is 38.2 Å². The van der Waals surface area contributed by atoms with Crippen molar-refractivity contribution in [1.29, 1.82) is 0 Å². The van der Waals surface area contributed by atoms with E-state index in [1.807, 2.05) is 18.2 Å². The zero-order valence-electron chi connectivity index (χ0n) is 11.7. The van der Waals surface area contributed by atoms with Gasteiger partial charge in [0.2, 0.25) is 0 Å². The zero-order valence-corrected chi connectivity index (χ0v) is 14.0. The first-order valence-corrected chi connectivity index (χ1v) is 6.55. The van der Waals surface area contributed by atoms with Gasteiger partial charge in [-0.05, 0) is 19.1 Å². The lowest BCUT2D eigenvalue weighted by atomic mass is 10.2. The topological polar surface area (TPSA) is 75.8 Å². The van der Waals surface area contributed by atoms with Crippen molar-refractivity contribution in [2.24, 2.45) is 10.7 Å². The molecule has 3 N–H and O–H groups in total. The third kappa shape index (κ3) is 5.59. The molecule has 1 aromatic rings. The van der Waals surface area contributed by atoms with E-state index in [2.05, 4.69) is 27.1 Å². The van der Waals surface area contributed by atoms with Crippen molar-refractivity contribution in [1.82, 2.24) is 9.88 Å². The molecule has 20 heavy (non-hydrogen) atoms. The standard InChI is InChI=1S/C13H21N5O.HI/c1-11-10-19-9-8-18(11)7-6-16-13(14)17-12-4-2-3-5-15-12;/h2-5,11H,6-10H2,1H3,(H3,14,15,16,17);1H. The van der Waals surface area contributed by atoms with Crippen molar-refractivity contribution >= 4 is 35.8 Å². The molecule has 0 saturated carbocycles. The number of anilines is 1. The second-order valence-corrected chi connectivity index (χ2v) is 4.57. The largest absolute Gasteiger partial charge is 0.379 e. The molecule has 0 bridgehead atoms. The highest BCUT2D eigenvalue weighted by atomic mass is 127. The number of morpholine rings is 1. The number of hydrogen-bond donors (Lipinski definition) is 2. The predicted octanol–water partition coefficient (Wildman–Crippen LogP) is 1.15. The second kappa shape index (κ2) is 9.09. The number of halogens is 1. The Labute approximate surface area is 136 Å². The van der Waals surface area contributed by atoms with Gasteiger partial charge in [-0.15, -0.1) is 24.0 Å². The molecule has 1 atom stereocenters. The summed E-state index contributed by atoms with van der Waals surface area (Å²) < 4.78 is 5.40. The van der Waals surface area contributed by atoms with E-state index in [-0.39, 0.29) is 24.0 Å². The fraction of sp³-hybridized carbons (Fsp3) is 0.538. The van der Waals surface area contributed by atoms with Gasteiger partial charge in [0.25, 0.3) is 0 Å². The summed E-state index contributed by atoms with van der Waals surface area (Å²) in [6, 6.07) is 6.07. The quantitative estimate of drug-likeness (QED) is 0.458. The van der Waals surface area contributed by atoms with Crippen molar-refractivity contribution in [3.05, 3.63) is 24.4 Å². The van der Waals surface area contributed by atoms with Crippen LogP contribution in [0.4, 0.5) is 5.82 Å². The highest BCUT2D eigenvalue weighted by Gasteiger charge is 2.17. The maximum Gasteiger partial charge on any atom is 0.194 e. The fourth-order valence-corrected chi connectivity index (χ4v) is 2.00. The van der Waals surface area contributed by atoms with Crippen molar-refractivity contribution in [2.45, 2.75) is 13.0 Å². The van der Waals surface area contributed by atoms with Crippen LogP contribution >= 0.6 is 24.0 Å². The Bertz CT molecular complexity index is 414. The molecule has 1 aliphatic rings. The molecule has 7 heteroatoms. The number of nitrogens with two attached hydrogens (primary N) is 1. The molecule has 1 aliphatic heterocycles. The number of ether oxygens (including phenoxy) is 1. The molecular formula is C13H22IN5O. The monoisotopic (exact) mass is 391 g/mol. The predicted molar refractivity (Wildman–Crippen MR) is 91.6 cm³/mol. The van der Waals surface area contributed by atoms with Crippen LogP contribution in [0.2, 0.25) is 0 Å². The third-order valence-corrected chi connectivity index (χ3v) is 3.10. The molecule has 1 saturated heterocycles. The van der Waals surface area contributed by atoms with Crippen LogP contribution in [0.5, 0.6) is 0 Å². The van der Waals surface area contributed by atoms with Crippen LogP contribution in [0, 0.1) is 0 Å². The van der Waals surface area contributed by atoms with E-state index in [0.717, 1.165) is 26.3 Å². The first kappa shape index (κ1) is 17.1. The van der Waals surface area contributed by atoms with E-state index < -0.39 is 0 Å². The first-order valence-electron chi connectivity index (χ1n) is 6.55. The molecule has 0 aromatic carbocycles. The van der Waals surface area contributed by atoms with Gasteiger partial charge in [-0.1, -0.05) is 6.07 Å². The summed E-state index contributed by atoms with van der Waals surface area (Å²) in [5.41, 5.74) is 5.81. The van der Waals surface area contributed by atoms with Gasteiger partial charge in [0.05, 0.1) is 19.8 Å². The number of guanidine groups is 1. The summed E-state index contributed by atoms with van der Waals surface area (Å²) in [4.78, 5) is 10.8. The van der Waals surface area contributed by atoms with Gasteiger partial charge < -0.3 is 15.8 Å². The SMILES string of the molecule is CC1COCCN1CCN=C(N)Nc1ccccn1.I. The van der Waals surface area contributed by atoms with E-state index in [1.165, 1.54) is 0 Å². The Hall–Kier alpha value is -0.930. The lowest BCUT2D eigenvalue weighted by molar-refractivity contribution is 0.00142. The van der Waals surface area contributed by atoms with E-state index >= 15 is 0 Å². The summed E-state index contributed by atoms with van der Waals surface area (Å²) in [7, 11) is 0. The molecule has 1 fully saturated rings. The third-order valence-electron chi connectivity index (χ3n) is 3.10. The number of hydrogen-bond acceptors (Lipinski definition) is 4. The highest BCUT2D eigenvalue weighted by molar-refractivity contribution is 14.0. The zero-order chi connectivity index (χ0) is 13.5. The number of nitrogens with zero attached hydrogens (tertiary/aromatic N) is 3. The Kier molecular flexibility index (Phi) is 7.78. The van der Waals surface area contributed by atoms with Crippen molar-refractivity contribution in [3.63, 3.8) is 0 Å². The molecule has 0 spiro atoms. The molecule has 0 amide bonds. The molecule has 2 heterocycles. The molecule has 0 radical (unpaired) electrons. The number of aromatic nitrogens is 1. The van der Waals surface area contributed by atoms with Gasteiger partial charge in [0, 0.05) is 25.3 Å². The molecule has 2 rings (SSSR count). The van der Waals surface area contributed by atoms with Crippen LogP contribution in [0.3, 0.4) is 0 Å².